The number of aromatic nitrogens is 2. The molecule has 26 heavy (non-hydrogen) atoms. The summed E-state index contributed by atoms with van der Waals surface area (Å²) in [4.78, 5) is 43.4. The van der Waals surface area contributed by atoms with E-state index in [4.69, 9.17) is 9.47 Å². The zero-order valence-corrected chi connectivity index (χ0v) is 16.1. The van der Waals surface area contributed by atoms with Crippen LogP contribution >= 0.6 is 0 Å². The number of nitrogens with zero attached hydrogens (tertiary/aromatic N) is 1. The van der Waals surface area contributed by atoms with Crippen molar-refractivity contribution in [2.24, 2.45) is 5.92 Å². The summed E-state index contributed by atoms with van der Waals surface area (Å²) >= 11 is 0. The standard InChI is InChI=1S/C17H28N4O5/c1-10(2)13(21-16(24)26-17(3,4)5)14(22)20-12(15(23)25-6)7-11-8-18-9-19-11/h8-10,12-13H,7H2,1-6H3,(H,18,19)(H,20,22)(H,21,24)/t12-,13-/m0/s1. The number of ether oxygens (including phenoxy) is 2. The van der Waals surface area contributed by atoms with Gasteiger partial charge in [0, 0.05) is 18.3 Å². The van der Waals surface area contributed by atoms with Crippen molar-refractivity contribution in [1.29, 1.82) is 0 Å². The highest BCUT2D eigenvalue weighted by Gasteiger charge is 2.30. The van der Waals surface area contributed by atoms with E-state index in [1.807, 2.05) is 0 Å². The summed E-state index contributed by atoms with van der Waals surface area (Å²) in [5, 5.41) is 5.17. The summed E-state index contributed by atoms with van der Waals surface area (Å²) in [6, 6.07) is -1.77. The normalized spacial score (nSPS) is 13.7. The number of carbonyl (C=O) groups excluding carboxylic acids is 3. The van der Waals surface area contributed by atoms with Crippen molar-refractivity contribution in [2.45, 2.75) is 58.7 Å². The van der Waals surface area contributed by atoms with Gasteiger partial charge < -0.3 is 25.1 Å². The highest BCUT2D eigenvalue weighted by atomic mass is 16.6. The van der Waals surface area contributed by atoms with Gasteiger partial charge in [0.15, 0.2) is 0 Å². The SMILES string of the molecule is COC(=O)[C@H](Cc1cnc[nH]1)NC(=O)[C@@H](NC(=O)OC(C)(C)C)C(C)C. The van der Waals surface area contributed by atoms with Crippen LogP contribution in [0.2, 0.25) is 0 Å². The van der Waals surface area contributed by atoms with Gasteiger partial charge in [-0.3, -0.25) is 4.79 Å². The number of nitrogens with one attached hydrogen (secondary N) is 3. The molecule has 0 aromatic carbocycles. The fraction of sp³-hybridized carbons (Fsp3) is 0.647. The van der Waals surface area contributed by atoms with Crippen molar-refractivity contribution in [3.05, 3.63) is 18.2 Å². The van der Waals surface area contributed by atoms with Crippen molar-refractivity contribution >= 4 is 18.0 Å². The molecule has 9 heteroatoms. The Balaban J connectivity index is 2.81. The van der Waals surface area contributed by atoms with E-state index in [1.165, 1.54) is 13.4 Å². The Bertz CT molecular complexity index is 607. The van der Waals surface area contributed by atoms with E-state index in [0.717, 1.165) is 0 Å². The first-order valence-electron chi connectivity index (χ1n) is 8.38. The lowest BCUT2D eigenvalue weighted by Crippen LogP contribution is -2.55. The van der Waals surface area contributed by atoms with E-state index >= 15 is 0 Å². The number of H-pyrrole nitrogens is 1. The Labute approximate surface area is 153 Å². The molecule has 1 aromatic rings. The van der Waals surface area contributed by atoms with Crippen molar-refractivity contribution < 1.29 is 23.9 Å². The van der Waals surface area contributed by atoms with Crippen LogP contribution in [0, 0.1) is 5.92 Å². The molecular formula is C17H28N4O5. The molecule has 9 nitrogen and oxygen atoms in total. The van der Waals surface area contributed by atoms with Crippen molar-refractivity contribution in [2.75, 3.05) is 7.11 Å². The van der Waals surface area contributed by atoms with Crippen LogP contribution in [-0.2, 0) is 25.5 Å². The average molecular weight is 368 g/mol. The molecular weight excluding hydrogens is 340 g/mol. The molecule has 2 atom stereocenters. The second-order valence-electron chi connectivity index (χ2n) is 7.23. The number of imidazole rings is 1. The second-order valence-corrected chi connectivity index (χ2v) is 7.23. The minimum absolute atomic E-state index is 0.190. The lowest BCUT2D eigenvalue weighted by Gasteiger charge is -2.26. The number of aromatic amines is 1. The molecule has 0 saturated carbocycles. The number of amides is 2. The molecule has 0 bridgehead atoms. The summed E-state index contributed by atoms with van der Waals surface area (Å²) in [5.74, 6) is -1.30. The van der Waals surface area contributed by atoms with Gasteiger partial charge in [0.05, 0.1) is 13.4 Å². The zero-order chi connectivity index (χ0) is 19.9. The van der Waals surface area contributed by atoms with E-state index in [0.29, 0.717) is 5.69 Å². The highest BCUT2D eigenvalue weighted by Crippen LogP contribution is 2.10. The van der Waals surface area contributed by atoms with Gasteiger partial charge in [-0.15, -0.1) is 0 Å². The van der Waals surface area contributed by atoms with Gasteiger partial charge in [0.2, 0.25) is 5.91 Å². The molecule has 0 aliphatic heterocycles. The predicted molar refractivity (Wildman–Crippen MR) is 94.2 cm³/mol. The number of rotatable bonds is 7. The maximum Gasteiger partial charge on any atom is 0.408 e. The van der Waals surface area contributed by atoms with Crippen molar-refractivity contribution in [3.63, 3.8) is 0 Å². The van der Waals surface area contributed by atoms with Crippen molar-refractivity contribution in [3.8, 4) is 0 Å². The molecule has 1 aromatic heterocycles. The molecule has 0 fully saturated rings. The van der Waals surface area contributed by atoms with Crippen LogP contribution in [0.4, 0.5) is 4.79 Å². The van der Waals surface area contributed by atoms with Crippen LogP contribution in [0.1, 0.15) is 40.3 Å². The molecule has 0 aliphatic carbocycles. The first-order chi connectivity index (χ1) is 12.0. The molecule has 0 radical (unpaired) electrons. The Morgan fingerprint density at radius 3 is 2.35 bits per heavy atom. The third-order valence-corrected chi connectivity index (χ3v) is 3.40. The van der Waals surface area contributed by atoms with Crippen LogP contribution < -0.4 is 10.6 Å². The number of carbonyl (C=O) groups is 3. The maximum absolute atomic E-state index is 12.6. The van der Waals surface area contributed by atoms with Crippen molar-refractivity contribution in [1.82, 2.24) is 20.6 Å². The zero-order valence-electron chi connectivity index (χ0n) is 16.1. The Morgan fingerprint density at radius 2 is 1.88 bits per heavy atom. The second kappa shape index (κ2) is 9.21. The van der Waals surface area contributed by atoms with Crippen LogP contribution in [0.5, 0.6) is 0 Å². The van der Waals surface area contributed by atoms with Crippen LogP contribution in [0.25, 0.3) is 0 Å². The lowest BCUT2D eigenvalue weighted by atomic mass is 10.0. The summed E-state index contributed by atoms with van der Waals surface area (Å²) in [7, 11) is 1.24. The van der Waals surface area contributed by atoms with Crippen LogP contribution in [-0.4, -0.2) is 52.7 Å². The lowest BCUT2D eigenvalue weighted by molar-refractivity contribution is -0.145. The number of hydrogen-bond acceptors (Lipinski definition) is 6. The largest absolute Gasteiger partial charge is 0.467 e. The predicted octanol–water partition coefficient (Wildman–Crippen LogP) is 1.16. The van der Waals surface area contributed by atoms with Gasteiger partial charge in [0.25, 0.3) is 0 Å². The van der Waals surface area contributed by atoms with Gasteiger partial charge in [-0.2, -0.15) is 0 Å². The molecule has 0 saturated heterocycles. The van der Waals surface area contributed by atoms with E-state index in [-0.39, 0.29) is 12.3 Å². The summed E-state index contributed by atoms with van der Waals surface area (Å²) in [6.07, 6.45) is 2.53. The molecule has 1 heterocycles. The van der Waals surface area contributed by atoms with Gasteiger partial charge >= 0.3 is 12.1 Å². The number of alkyl carbamates (subject to hydrolysis) is 1. The van der Waals surface area contributed by atoms with Crippen LogP contribution in [0.3, 0.4) is 0 Å². The first-order valence-corrected chi connectivity index (χ1v) is 8.38. The minimum Gasteiger partial charge on any atom is -0.467 e. The monoisotopic (exact) mass is 368 g/mol. The average Bonchev–Trinajstić information content (AvgIpc) is 3.02. The Kier molecular flexibility index (Phi) is 7.60. The molecule has 1 rings (SSSR count). The van der Waals surface area contributed by atoms with Gasteiger partial charge in [0.1, 0.15) is 17.7 Å². The summed E-state index contributed by atoms with van der Waals surface area (Å²) in [6.45, 7) is 8.76. The number of esters is 1. The fourth-order valence-electron chi connectivity index (χ4n) is 2.18. The fourth-order valence-corrected chi connectivity index (χ4v) is 2.18. The van der Waals surface area contributed by atoms with Gasteiger partial charge in [-0.1, -0.05) is 13.8 Å². The maximum atomic E-state index is 12.6. The van der Waals surface area contributed by atoms with E-state index in [9.17, 15) is 14.4 Å². The van der Waals surface area contributed by atoms with Crippen LogP contribution in [0.15, 0.2) is 12.5 Å². The Hall–Kier alpha value is -2.58. The minimum atomic E-state index is -0.908. The van der Waals surface area contributed by atoms with Gasteiger partial charge in [-0.25, -0.2) is 14.6 Å². The molecule has 0 unspecified atom stereocenters. The highest BCUT2D eigenvalue weighted by molar-refractivity contribution is 5.90. The van der Waals surface area contributed by atoms with E-state index in [1.54, 1.807) is 40.8 Å². The molecule has 2 amide bonds. The number of methoxy groups -OCH3 is 1. The molecule has 0 aliphatic rings. The quantitative estimate of drug-likeness (QED) is 0.621. The Morgan fingerprint density at radius 1 is 1.23 bits per heavy atom. The third-order valence-electron chi connectivity index (χ3n) is 3.40. The molecule has 146 valence electrons. The third kappa shape index (κ3) is 7.12. The molecule has 3 N–H and O–H groups in total. The van der Waals surface area contributed by atoms with E-state index in [2.05, 4.69) is 20.6 Å². The first kappa shape index (κ1) is 21.5. The van der Waals surface area contributed by atoms with Gasteiger partial charge in [-0.05, 0) is 26.7 Å². The smallest absolute Gasteiger partial charge is 0.408 e. The summed E-state index contributed by atoms with van der Waals surface area (Å²) in [5.41, 5.74) is -0.0149. The molecule has 0 spiro atoms. The summed E-state index contributed by atoms with van der Waals surface area (Å²) < 4.78 is 9.94. The van der Waals surface area contributed by atoms with E-state index < -0.39 is 35.7 Å². The topological polar surface area (TPSA) is 122 Å². The number of hydrogen-bond donors (Lipinski definition) is 3.